The van der Waals surface area contributed by atoms with Gasteiger partial charge in [-0.05, 0) is 23.5 Å². The van der Waals surface area contributed by atoms with E-state index in [1.54, 1.807) is 51.2 Å². The zero-order chi connectivity index (χ0) is 46.0. The number of carbonyl (C=O) groups excluding carboxylic acids is 8. The van der Waals surface area contributed by atoms with E-state index in [9.17, 15) is 63.6 Å². The molecule has 0 aliphatic carbocycles. The highest BCUT2D eigenvalue weighted by molar-refractivity contribution is 5.98. The number of nitrogens with one attached hydrogen (secondary N) is 8. The van der Waals surface area contributed by atoms with Gasteiger partial charge in [0.2, 0.25) is 47.3 Å². The molecule has 338 valence electrons. The van der Waals surface area contributed by atoms with E-state index < -0.39 is 134 Å². The van der Waals surface area contributed by atoms with Crippen LogP contribution >= 0.6 is 0 Å². The first-order chi connectivity index (χ1) is 28.8. The van der Waals surface area contributed by atoms with Gasteiger partial charge in [-0.3, -0.25) is 38.4 Å². The predicted octanol–water partition coefficient (Wildman–Crippen LogP) is -4.91. The SMILES string of the molecule is CC[C@H](C)[C@H](N)C(=O)N[C@@H](CO)C(=O)N[C@@H](Cc1c[nH]c2ccccc12)C(=O)N[C@@H](CC(N)=O)C(=O)N[C@@H](CO)C(=O)NCC(=O)N[C@@H](CO)C(=O)N[C@H](C(=O)O)[C@@H](C)CC. The van der Waals surface area contributed by atoms with Gasteiger partial charge in [-0.1, -0.05) is 58.7 Å². The van der Waals surface area contributed by atoms with Gasteiger partial charge in [0, 0.05) is 23.5 Å². The molecule has 1 aromatic carbocycles. The highest BCUT2D eigenvalue weighted by atomic mass is 16.4. The molecule has 0 fully saturated rings. The quantitative estimate of drug-likeness (QED) is 0.0422. The summed E-state index contributed by atoms with van der Waals surface area (Å²) in [5.41, 5.74) is 12.6. The number of rotatable bonds is 26. The predicted molar refractivity (Wildman–Crippen MR) is 216 cm³/mol. The molecule has 0 saturated carbocycles. The number of hydrogen-bond donors (Lipinski definition) is 14. The van der Waals surface area contributed by atoms with Crippen LogP contribution in [0, 0.1) is 11.8 Å². The van der Waals surface area contributed by atoms with Gasteiger partial charge in [-0.15, -0.1) is 0 Å². The fraction of sp³-hybridized carbons (Fsp3) is 0.553. The number of carboxylic acids is 1. The van der Waals surface area contributed by atoms with Crippen LogP contribution in [0.3, 0.4) is 0 Å². The Bertz CT molecular complexity index is 1870. The molecular weight excluding hydrogens is 804 g/mol. The van der Waals surface area contributed by atoms with Crippen molar-refractivity contribution in [1.82, 2.24) is 42.2 Å². The number of hydrogen-bond acceptors (Lipinski definition) is 13. The first kappa shape index (κ1) is 51.0. The average molecular weight is 863 g/mol. The van der Waals surface area contributed by atoms with E-state index in [1.165, 1.54) is 0 Å². The molecule has 9 atom stereocenters. The molecule has 16 N–H and O–H groups in total. The fourth-order valence-corrected chi connectivity index (χ4v) is 5.79. The molecule has 0 aliphatic heterocycles. The van der Waals surface area contributed by atoms with Gasteiger partial charge < -0.3 is 74.1 Å². The number of aromatic nitrogens is 1. The number of carbonyl (C=O) groups is 9. The molecule has 0 radical (unpaired) electrons. The highest BCUT2D eigenvalue weighted by Gasteiger charge is 2.34. The molecular formula is C38H58N10O13. The first-order valence-corrected chi connectivity index (χ1v) is 19.5. The summed E-state index contributed by atoms with van der Waals surface area (Å²) in [6, 6.07) is -3.60. The van der Waals surface area contributed by atoms with Crippen LogP contribution in [0.15, 0.2) is 30.5 Å². The van der Waals surface area contributed by atoms with Crippen LogP contribution in [0.4, 0.5) is 0 Å². The van der Waals surface area contributed by atoms with E-state index in [4.69, 9.17) is 11.5 Å². The van der Waals surface area contributed by atoms with Crippen LogP contribution < -0.4 is 48.7 Å². The number of nitrogens with two attached hydrogens (primary N) is 2. The van der Waals surface area contributed by atoms with Gasteiger partial charge in [-0.2, -0.15) is 0 Å². The molecule has 2 rings (SSSR count). The molecule has 23 nitrogen and oxygen atoms in total. The lowest BCUT2D eigenvalue weighted by molar-refractivity contribution is -0.144. The largest absolute Gasteiger partial charge is 0.480 e. The maximum atomic E-state index is 13.9. The third-order valence-electron chi connectivity index (χ3n) is 10.00. The lowest BCUT2D eigenvalue weighted by atomic mass is 9.99. The van der Waals surface area contributed by atoms with Crippen molar-refractivity contribution in [3.63, 3.8) is 0 Å². The fourth-order valence-electron chi connectivity index (χ4n) is 5.79. The third kappa shape index (κ3) is 15.4. The van der Waals surface area contributed by atoms with Crippen molar-refractivity contribution < 1.29 is 63.6 Å². The van der Waals surface area contributed by atoms with Gasteiger partial charge in [0.1, 0.15) is 36.3 Å². The van der Waals surface area contributed by atoms with Crippen LogP contribution in [0.1, 0.15) is 52.5 Å². The van der Waals surface area contributed by atoms with Crippen LogP contribution in [-0.2, 0) is 49.6 Å². The van der Waals surface area contributed by atoms with E-state index in [1.807, 2.05) is 6.92 Å². The number of amides is 8. The Morgan fingerprint density at radius 1 is 0.656 bits per heavy atom. The summed E-state index contributed by atoms with van der Waals surface area (Å²) in [5, 5.41) is 55.5. The summed E-state index contributed by atoms with van der Waals surface area (Å²) < 4.78 is 0. The van der Waals surface area contributed by atoms with Gasteiger partial charge in [-0.25, -0.2) is 4.79 Å². The summed E-state index contributed by atoms with van der Waals surface area (Å²) in [5.74, 6) is -10.3. The summed E-state index contributed by atoms with van der Waals surface area (Å²) in [4.78, 5) is 118. The second-order valence-electron chi connectivity index (χ2n) is 14.5. The number of aliphatic carboxylic acids is 1. The van der Waals surface area contributed by atoms with Gasteiger partial charge in [0.25, 0.3) is 0 Å². The molecule has 0 unspecified atom stereocenters. The molecule has 2 aromatic rings. The minimum absolute atomic E-state index is 0.217. The van der Waals surface area contributed by atoms with E-state index in [0.717, 1.165) is 0 Å². The van der Waals surface area contributed by atoms with Crippen molar-refractivity contribution in [2.45, 2.75) is 95.7 Å². The topological polar surface area (TPSA) is 387 Å². The van der Waals surface area contributed by atoms with E-state index >= 15 is 0 Å². The minimum Gasteiger partial charge on any atom is -0.480 e. The van der Waals surface area contributed by atoms with Crippen molar-refractivity contribution in [2.75, 3.05) is 26.4 Å². The van der Waals surface area contributed by atoms with E-state index in [2.05, 4.69) is 42.2 Å². The Balaban J connectivity index is 2.23. The second kappa shape index (κ2) is 24.8. The van der Waals surface area contributed by atoms with Crippen molar-refractivity contribution in [2.24, 2.45) is 23.3 Å². The van der Waals surface area contributed by atoms with Crippen molar-refractivity contribution in [3.05, 3.63) is 36.0 Å². The number of aliphatic hydroxyl groups excluding tert-OH is 3. The molecule has 23 heteroatoms. The number of carboxylic acid groups (broad SMARTS) is 1. The summed E-state index contributed by atoms with van der Waals surface area (Å²) >= 11 is 0. The van der Waals surface area contributed by atoms with Crippen molar-refractivity contribution >= 4 is 64.1 Å². The standard InChI is InChI=1S/C38H58N10O13/c1-5-18(3)30(40)37(59)47-27(17-51)35(57)44-23(11-20-13-41-22-10-8-7-9-21(20)22)33(55)45-24(12-28(39)52)34(56)46-25(15-49)32(54)42-14-29(53)43-26(16-50)36(58)48-31(38(60)61)19(4)6-2/h7-10,13,18-19,23-27,30-31,41,49-51H,5-6,11-12,14-17,40H2,1-4H3,(H2,39,52)(H,42,54)(H,43,53)(H,44,57)(H,45,55)(H,46,56)(H,47,59)(H,48,58)(H,60,61)/t18-,19-,23-,24-,25-,26-,27-,30-,31-/m0/s1. The lowest BCUT2D eigenvalue weighted by Crippen LogP contribution is -2.61. The number of H-pyrrole nitrogens is 1. The molecule has 0 saturated heterocycles. The summed E-state index contributed by atoms with van der Waals surface area (Å²) in [6.45, 7) is 3.10. The minimum atomic E-state index is -1.80. The Hall–Kier alpha value is -6.17. The van der Waals surface area contributed by atoms with Crippen LogP contribution in [-0.4, -0.2) is 147 Å². The highest BCUT2D eigenvalue weighted by Crippen LogP contribution is 2.19. The monoisotopic (exact) mass is 862 g/mol. The molecule has 0 spiro atoms. The number of primary amides is 1. The van der Waals surface area contributed by atoms with Crippen LogP contribution in [0.2, 0.25) is 0 Å². The van der Waals surface area contributed by atoms with E-state index in [-0.39, 0.29) is 12.3 Å². The number of aliphatic hydroxyl groups is 3. The van der Waals surface area contributed by atoms with E-state index in [0.29, 0.717) is 29.3 Å². The smallest absolute Gasteiger partial charge is 0.326 e. The van der Waals surface area contributed by atoms with Crippen molar-refractivity contribution in [1.29, 1.82) is 0 Å². The second-order valence-corrected chi connectivity index (χ2v) is 14.5. The molecule has 1 heterocycles. The zero-order valence-corrected chi connectivity index (χ0v) is 34.4. The average Bonchev–Trinajstić information content (AvgIpc) is 3.64. The Labute approximate surface area is 350 Å². The summed E-state index contributed by atoms with van der Waals surface area (Å²) in [7, 11) is 0. The summed E-state index contributed by atoms with van der Waals surface area (Å²) in [6.07, 6.45) is 1.47. The third-order valence-corrected chi connectivity index (χ3v) is 10.00. The maximum absolute atomic E-state index is 13.9. The molecule has 0 bridgehead atoms. The number of benzene rings is 1. The Kier molecular flexibility index (Phi) is 20.7. The Morgan fingerprint density at radius 3 is 1.72 bits per heavy atom. The molecule has 1 aromatic heterocycles. The van der Waals surface area contributed by atoms with Gasteiger partial charge in [0.15, 0.2) is 0 Å². The number of fused-ring (bicyclic) bond motifs is 1. The van der Waals surface area contributed by atoms with Gasteiger partial charge in [0.05, 0.1) is 38.8 Å². The molecule has 8 amide bonds. The molecule has 0 aliphatic rings. The first-order valence-electron chi connectivity index (χ1n) is 19.5. The number of para-hydroxylation sites is 1. The van der Waals surface area contributed by atoms with Crippen LogP contribution in [0.25, 0.3) is 10.9 Å². The van der Waals surface area contributed by atoms with Crippen LogP contribution in [0.5, 0.6) is 0 Å². The lowest BCUT2D eigenvalue weighted by Gasteiger charge is -2.26. The number of aromatic amines is 1. The van der Waals surface area contributed by atoms with Gasteiger partial charge >= 0.3 is 5.97 Å². The zero-order valence-electron chi connectivity index (χ0n) is 34.4. The molecule has 61 heavy (non-hydrogen) atoms. The van der Waals surface area contributed by atoms with Crippen molar-refractivity contribution in [3.8, 4) is 0 Å². The maximum Gasteiger partial charge on any atom is 0.326 e. The normalized spacial score (nSPS) is 15.5. The Morgan fingerprint density at radius 2 is 1.15 bits per heavy atom.